The van der Waals surface area contributed by atoms with Crippen LogP contribution in [0.3, 0.4) is 0 Å². The van der Waals surface area contributed by atoms with Crippen molar-refractivity contribution in [1.29, 1.82) is 0 Å². The molecule has 0 atom stereocenters. The lowest BCUT2D eigenvalue weighted by Crippen LogP contribution is -2.34. The molecule has 8 nitrogen and oxygen atoms in total. The Morgan fingerprint density at radius 2 is 1.84 bits per heavy atom. The molecule has 0 aliphatic heterocycles. The molecule has 0 bridgehead atoms. The lowest BCUT2D eigenvalue weighted by Gasteiger charge is -2.04. The second-order valence-electron chi connectivity index (χ2n) is 3.62. The van der Waals surface area contributed by atoms with Gasteiger partial charge in [-0.15, -0.1) is 0 Å². The summed E-state index contributed by atoms with van der Waals surface area (Å²) >= 11 is 0. The standard InChI is InChI=1S/C10H10N4O4S/c15-8-9(13-14-10(16)12-8)19(17,18)11-6-7-4-2-1-3-5-7/h1-5,11H,6H2,(H2,12,14,15,16). The Hall–Kier alpha value is -2.26. The van der Waals surface area contributed by atoms with Crippen LogP contribution in [-0.2, 0) is 16.6 Å². The molecule has 0 saturated heterocycles. The Morgan fingerprint density at radius 1 is 1.16 bits per heavy atom. The first-order valence-corrected chi connectivity index (χ1v) is 6.70. The second-order valence-corrected chi connectivity index (χ2v) is 5.30. The van der Waals surface area contributed by atoms with Gasteiger partial charge in [0.05, 0.1) is 0 Å². The molecule has 2 rings (SSSR count). The molecule has 0 fully saturated rings. The summed E-state index contributed by atoms with van der Waals surface area (Å²) in [4.78, 5) is 23.9. The van der Waals surface area contributed by atoms with Crippen molar-refractivity contribution in [3.8, 4) is 0 Å². The van der Waals surface area contributed by atoms with E-state index in [1.54, 1.807) is 35.3 Å². The fourth-order valence-electron chi connectivity index (χ4n) is 1.36. The number of sulfonamides is 1. The number of H-pyrrole nitrogens is 2. The van der Waals surface area contributed by atoms with Gasteiger partial charge < -0.3 is 0 Å². The van der Waals surface area contributed by atoms with E-state index in [0.717, 1.165) is 5.56 Å². The summed E-state index contributed by atoms with van der Waals surface area (Å²) < 4.78 is 25.9. The minimum absolute atomic E-state index is 0.0173. The maximum absolute atomic E-state index is 11.8. The fourth-order valence-corrected chi connectivity index (χ4v) is 2.32. The quantitative estimate of drug-likeness (QED) is 0.659. The van der Waals surface area contributed by atoms with Gasteiger partial charge in [0.15, 0.2) is 0 Å². The average Bonchev–Trinajstić information content (AvgIpc) is 2.37. The first kappa shape index (κ1) is 13.2. The summed E-state index contributed by atoms with van der Waals surface area (Å²) in [7, 11) is -4.08. The minimum atomic E-state index is -4.08. The summed E-state index contributed by atoms with van der Waals surface area (Å²) in [6, 6.07) is 8.77. The van der Waals surface area contributed by atoms with E-state index in [1.807, 2.05) is 5.10 Å². The summed E-state index contributed by atoms with van der Waals surface area (Å²) in [5, 5.41) is 4.32. The smallest absolute Gasteiger partial charge is 0.270 e. The molecular formula is C10H10N4O4S. The largest absolute Gasteiger partial charge is 0.342 e. The number of nitrogens with zero attached hydrogens (tertiary/aromatic N) is 1. The van der Waals surface area contributed by atoms with Crippen molar-refractivity contribution in [2.24, 2.45) is 0 Å². The molecule has 9 heteroatoms. The van der Waals surface area contributed by atoms with Crippen molar-refractivity contribution in [3.05, 3.63) is 56.7 Å². The van der Waals surface area contributed by atoms with E-state index < -0.39 is 26.3 Å². The highest BCUT2D eigenvalue weighted by molar-refractivity contribution is 7.89. The normalized spacial score (nSPS) is 11.4. The summed E-state index contributed by atoms with van der Waals surface area (Å²) in [5.74, 6) is 0. The van der Waals surface area contributed by atoms with Crippen LogP contribution in [0, 0.1) is 0 Å². The zero-order chi connectivity index (χ0) is 13.9. The SMILES string of the molecule is O=c1[nH]nc(S(=O)(=O)NCc2ccccc2)c(=O)[nH]1. The molecule has 0 radical (unpaired) electrons. The molecule has 1 heterocycles. The Balaban J connectivity index is 2.24. The minimum Gasteiger partial charge on any atom is -0.270 e. The maximum atomic E-state index is 11.8. The fraction of sp³-hybridized carbons (Fsp3) is 0.100. The Bertz CT molecular complexity index is 779. The van der Waals surface area contributed by atoms with Crippen LogP contribution in [0.5, 0.6) is 0 Å². The second kappa shape index (κ2) is 5.16. The van der Waals surface area contributed by atoms with Gasteiger partial charge in [0.1, 0.15) is 0 Å². The Morgan fingerprint density at radius 3 is 2.47 bits per heavy atom. The average molecular weight is 282 g/mol. The van der Waals surface area contributed by atoms with Crippen LogP contribution >= 0.6 is 0 Å². The number of aromatic amines is 2. The van der Waals surface area contributed by atoms with Gasteiger partial charge in [-0.2, -0.15) is 5.10 Å². The van der Waals surface area contributed by atoms with Crippen LogP contribution in [0.25, 0.3) is 0 Å². The van der Waals surface area contributed by atoms with Gasteiger partial charge in [0, 0.05) is 6.54 Å². The van der Waals surface area contributed by atoms with Gasteiger partial charge in [-0.3, -0.25) is 9.78 Å². The molecule has 0 saturated carbocycles. The molecule has 0 amide bonds. The molecule has 3 N–H and O–H groups in total. The molecule has 0 aliphatic carbocycles. The lowest BCUT2D eigenvalue weighted by atomic mass is 10.2. The van der Waals surface area contributed by atoms with Gasteiger partial charge in [-0.25, -0.2) is 23.0 Å². The summed E-state index contributed by atoms with van der Waals surface area (Å²) in [6.45, 7) is 0.0173. The first-order valence-electron chi connectivity index (χ1n) is 5.21. The molecule has 100 valence electrons. The van der Waals surface area contributed by atoms with E-state index in [0.29, 0.717) is 0 Å². The highest BCUT2D eigenvalue weighted by Gasteiger charge is 2.20. The first-order chi connectivity index (χ1) is 8.99. The predicted octanol–water partition coefficient (Wildman–Crippen LogP) is -1.06. The molecule has 0 aliphatic rings. The van der Waals surface area contributed by atoms with Crippen molar-refractivity contribution < 1.29 is 8.42 Å². The van der Waals surface area contributed by atoms with Crippen LogP contribution in [0.4, 0.5) is 0 Å². The topological polar surface area (TPSA) is 125 Å². The number of hydrogen-bond acceptors (Lipinski definition) is 5. The van der Waals surface area contributed by atoms with E-state index in [9.17, 15) is 18.0 Å². The van der Waals surface area contributed by atoms with Gasteiger partial charge in [0.2, 0.25) is 0 Å². The molecule has 0 unspecified atom stereocenters. The Kier molecular flexibility index (Phi) is 3.58. The number of hydrogen-bond donors (Lipinski definition) is 3. The third kappa shape index (κ3) is 3.14. The van der Waals surface area contributed by atoms with Crippen LogP contribution in [0.1, 0.15) is 5.56 Å². The number of aromatic nitrogens is 3. The van der Waals surface area contributed by atoms with Crippen LogP contribution in [-0.4, -0.2) is 23.6 Å². The maximum Gasteiger partial charge on any atom is 0.342 e. The van der Waals surface area contributed by atoms with Crippen LogP contribution in [0.2, 0.25) is 0 Å². The third-order valence-electron chi connectivity index (χ3n) is 2.24. The van der Waals surface area contributed by atoms with E-state index in [1.165, 1.54) is 0 Å². The molecule has 2 aromatic rings. The summed E-state index contributed by atoms with van der Waals surface area (Å²) in [5.41, 5.74) is -1.21. The zero-order valence-electron chi connectivity index (χ0n) is 9.58. The number of benzene rings is 1. The highest BCUT2D eigenvalue weighted by atomic mass is 32.2. The van der Waals surface area contributed by atoms with Gasteiger partial charge in [-0.1, -0.05) is 30.3 Å². The summed E-state index contributed by atoms with van der Waals surface area (Å²) in [6.07, 6.45) is 0. The van der Waals surface area contributed by atoms with E-state index in [4.69, 9.17) is 0 Å². The number of nitrogens with one attached hydrogen (secondary N) is 3. The van der Waals surface area contributed by atoms with Gasteiger partial charge >= 0.3 is 5.69 Å². The lowest BCUT2D eigenvalue weighted by molar-refractivity contribution is 0.571. The van der Waals surface area contributed by atoms with Gasteiger partial charge in [-0.05, 0) is 5.56 Å². The molecule has 19 heavy (non-hydrogen) atoms. The number of rotatable bonds is 4. The van der Waals surface area contributed by atoms with Crippen molar-refractivity contribution in [1.82, 2.24) is 19.9 Å². The predicted molar refractivity (Wildman–Crippen MR) is 65.9 cm³/mol. The highest BCUT2D eigenvalue weighted by Crippen LogP contribution is 2.01. The molecular weight excluding hydrogens is 272 g/mol. The third-order valence-corrected chi connectivity index (χ3v) is 3.55. The van der Waals surface area contributed by atoms with E-state index in [-0.39, 0.29) is 6.54 Å². The van der Waals surface area contributed by atoms with E-state index in [2.05, 4.69) is 9.82 Å². The van der Waals surface area contributed by atoms with Gasteiger partial charge in [0.25, 0.3) is 20.6 Å². The van der Waals surface area contributed by atoms with Crippen molar-refractivity contribution in [2.75, 3.05) is 0 Å². The van der Waals surface area contributed by atoms with Crippen molar-refractivity contribution in [3.63, 3.8) is 0 Å². The van der Waals surface area contributed by atoms with Crippen molar-refractivity contribution >= 4 is 10.0 Å². The van der Waals surface area contributed by atoms with Crippen molar-refractivity contribution in [2.45, 2.75) is 11.6 Å². The van der Waals surface area contributed by atoms with E-state index >= 15 is 0 Å². The monoisotopic (exact) mass is 282 g/mol. The molecule has 0 spiro atoms. The zero-order valence-corrected chi connectivity index (χ0v) is 10.4. The molecule has 1 aromatic carbocycles. The van der Waals surface area contributed by atoms with Crippen LogP contribution in [0.15, 0.2) is 44.9 Å². The molecule has 1 aromatic heterocycles. The van der Waals surface area contributed by atoms with Crippen LogP contribution < -0.4 is 16.0 Å². The Labute approximate surface area is 107 Å².